The molecule has 0 radical (unpaired) electrons. The van der Waals surface area contributed by atoms with Gasteiger partial charge in [0, 0.05) is 17.1 Å². The van der Waals surface area contributed by atoms with Crippen LogP contribution in [0.15, 0.2) is 23.1 Å². The fraction of sp³-hybridized carbons (Fsp3) is 0.588. The highest BCUT2D eigenvalue weighted by molar-refractivity contribution is 7.99. The Kier molecular flexibility index (Phi) is 4.99. The summed E-state index contributed by atoms with van der Waals surface area (Å²) in [6.07, 6.45) is 0.533. The van der Waals surface area contributed by atoms with Gasteiger partial charge in [0.2, 0.25) is 5.91 Å². The largest absolute Gasteiger partial charge is 0.386 e. The van der Waals surface area contributed by atoms with Crippen molar-refractivity contribution in [2.24, 2.45) is 5.92 Å². The third kappa shape index (κ3) is 3.80. The van der Waals surface area contributed by atoms with Gasteiger partial charge in [-0.1, -0.05) is 19.9 Å². The van der Waals surface area contributed by atoms with Crippen LogP contribution in [-0.4, -0.2) is 40.4 Å². The van der Waals surface area contributed by atoms with Crippen molar-refractivity contribution >= 4 is 17.7 Å². The fourth-order valence-corrected chi connectivity index (χ4v) is 3.31. The van der Waals surface area contributed by atoms with E-state index in [9.17, 15) is 9.90 Å². The number of likely N-dealkylation sites (tertiary alicyclic amines) is 1. The number of amides is 1. The Morgan fingerprint density at radius 2 is 2.00 bits per heavy atom. The molecule has 4 heteroatoms. The molecule has 0 saturated carbocycles. The van der Waals surface area contributed by atoms with Gasteiger partial charge in [-0.2, -0.15) is 0 Å². The molecule has 2 rings (SSSR count). The molecule has 1 heterocycles. The van der Waals surface area contributed by atoms with Crippen LogP contribution < -0.4 is 0 Å². The highest BCUT2D eigenvalue weighted by Crippen LogP contribution is 2.29. The molecule has 1 fully saturated rings. The van der Waals surface area contributed by atoms with Crippen molar-refractivity contribution < 1.29 is 9.90 Å². The van der Waals surface area contributed by atoms with E-state index in [1.165, 1.54) is 16.0 Å². The van der Waals surface area contributed by atoms with E-state index in [2.05, 4.69) is 32.0 Å². The molecule has 0 unspecified atom stereocenters. The van der Waals surface area contributed by atoms with Crippen molar-refractivity contribution in [3.05, 3.63) is 29.3 Å². The summed E-state index contributed by atoms with van der Waals surface area (Å²) in [5.41, 5.74) is 1.91. The number of hydrogen-bond donors (Lipinski definition) is 1. The summed E-state index contributed by atoms with van der Waals surface area (Å²) in [5, 5.41) is 10.2. The lowest BCUT2D eigenvalue weighted by Gasteiger charge is -2.49. The maximum absolute atomic E-state index is 12.0. The summed E-state index contributed by atoms with van der Waals surface area (Å²) in [5.74, 6) is 1.14. The Balaban J connectivity index is 1.74. The predicted molar refractivity (Wildman–Crippen MR) is 87.6 cm³/mol. The molecule has 1 aliphatic heterocycles. The number of thioether (sulfide) groups is 1. The van der Waals surface area contributed by atoms with E-state index in [0.29, 0.717) is 19.5 Å². The Hall–Kier alpha value is -1.00. The number of aryl methyl sites for hydroxylation is 2. The van der Waals surface area contributed by atoms with Crippen LogP contribution in [0.5, 0.6) is 0 Å². The van der Waals surface area contributed by atoms with E-state index < -0.39 is 5.60 Å². The zero-order valence-electron chi connectivity index (χ0n) is 13.3. The zero-order valence-corrected chi connectivity index (χ0v) is 14.2. The van der Waals surface area contributed by atoms with E-state index in [4.69, 9.17) is 0 Å². The summed E-state index contributed by atoms with van der Waals surface area (Å²) < 4.78 is 0. The molecule has 0 atom stereocenters. The van der Waals surface area contributed by atoms with Crippen LogP contribution in [0.2, 0.25) is 0 Å². The topological polar surface area (TPSA) is 40.5 Å². The SMILES string of the molecule is Cc1ccc(SCCC(=O)N2CC(O)(C(C)C)C2)cc1C. The minimum Gasteiger partial charge on any atom is -0.386 e. The molecule has 116 valence electrons. The molecule has 0 bridgehead atoms. The standard InChI is InChI=1S/C17H25NO2S/c1-12(2)17(20)10-18(11-17)16(19)7-8-21-15-6-5-13(3)14(4)9-15/h5-6,9,12,20H,7-8,10-11H2,1-4H3. The Morgan fingerprint density at radius 3 is 2.57 bits per heavy atom. The molecule has 0 spiro atoms. The third-order valence-corrected chi connectivity index (χ3v) is 5.42. The van der Waals surface area contributed by atoms with E-state index >= 15 is 0 Å². The van der Waals surface area contributed by atoms with Crippen molar-refractivity contribution in [3.63, 3.8) is 0 Å². The maximum Gasteiger partial charge on any atom is 0.223 e. The first kappa shape index (κ1) is 16.4. The first-order valence-corrected chi connectivity index (χ1v) is 8.50. The Labute approximate surface area is 131 Å². The average Bonchev–Trinajstić information content (AvgIpc) is 2.38. The van der Waals surface area contributed by atoms with Crippen LogP contribution in [0, 0.1) is 19.8 Å². The number of carbonyl (C=O) groups is 1. The van der Waals surface area contributed by atoms with Crippen LogP contribution in [0.1, 0.15) is 31.4 Å². The molecule has 0 aromatic heterocycles. The zero-order chi connectivity index (χ0) is 15.6. The summed E-state index contributed by atoms with van der Waals surface area (Å²) >= 11 is 1.72. The minimum atomic E-state index is -0.670. The quantitative estimate of drug-likeness (QED) is 0.850. The van der Waals surface area contributed by atoms with Crippen molar-refractivity contribution in [2.75, 3.05) is 18.8 Å². The predicted octanol–water partition coefficient (Wildman–Crippen LogP) is 3.01. The first-order chi connectivity index (χ1) is 9.82. The number of carbonyl (C=O) groups excluding carboxylic acids is 1. The average molecular weight is 307 g/mol. The van der Waals surface area contributed by atoms with Crippen LogP contribution in [0.3, 0.4) is 0 Å². The van der Waals surface area contributed by atoms with Crippen LogP contribution in [-0.2, 0) is 4.79 Å². The molecular formula is C17H25NO2S. The van der Waals surface area contributed by atoms with Gasteiger partial charge >= 0.3 is 0 Å². The van der Waals surface area contributed by atoms with Gasteiger partial charge in [-0.15, -0.1) is 11.8 Å². The van der Waals surface area contributed by atoms with Crippen molar-refractivity contribution in [3.8, 4) is 0 Å². The molecule has 0 aliphatic carbocycles. The van der Waals surface area contributed by atoms with Gasteiger partial charge in [0.25, 0.3) is 0 Å². The van der Waals surface area contributed by atoms with Crippen LogP contribution in [0.25, 0.3) is 0 Å². The molecule has 1 aromatic rings. The molecule has 1 amide bonds. The highest BCUT2D eigenvalue weighted by Gasteiger charge is 2.45. The lowest BCUT2D eigenvalue weighted by Crippen LogP contribution is -2.66. The fourth-order valence-electron chi connectivity index (χ4n) is 2.37. The van der Waals surface area contributed by atoms with Crippen molar-refractivity contribution in [1.29, 1.82) is 0 Å². The first-order valence-electron chi connectivity index (χ1n) is 7.52. The van der Waals surface area contributed by atoms with Crippen molar-refractivity contribution in [2.45, 2.75) is 44.6 Å². The summed E-state index contributed by atoms with van der Waals surface area (Å²) in [7, 11) is 0. The molecule has 21 heavy (non-hydrogen) atoms. The number of β-amino-alcohol motifs (C(OH)–C–C–N with tert-alkyl or cyclic N) is 1. The monoisotopic (exact) mass is 307 g/mol. The van der Waals surface area contributed by atoms with Crippen molar-refractivity contribution in [1.82, 2.24) is 4.90 Å². The van der Waals surface area contributed by atoms with E-state index in [1.807, 2.05) is 13.8 Å². The molecule has 3 nitrogen and oxygen atoms in total. The van der Waals surface area contributed by atoms with Gasteiger partial charge in [-0.25, -0.2) is 0 Å². The van der Waals surface area contributed by atoms with Gasteiger partial charge in [-0.05, 0) is 43.0 Å². The lowest BCUT2D eigenvalue weighted by atomic mass is 9.83. The molecular weight excluding hydrogens is 282 g/mol. The molecule has 1 N–H and O–H groups in total. The van der Waals surface area contributed by atoms with E-state index in [1.54, 1.807) is 16.7 Å². The smallest absolute Gasteiger partial charge is 0.223 e. The molecule has 1 aliphatic rings. The number of benzene rings is 1. The summed E-state index contributed by atoms with van der Waals surface area (Å²) in [6, 6.07) is 6.40. The van der Waals surface area contributed by atoms with Gasteiger partial charge in [0.15, 0.2) is 0 Å². The van der Waals surface area contributed by atoms with Crippen LogP contribution >= 0.6 is 11.8 Å². The number of nitrogens with zero attached hydrogens (tertiary/aromatic N) is 1. The van der Waals surface area contributed by atoms with Gasteiger partial charge in [-0.3, -0.25) is 4.79 Å². The second-order valence-electron chi connectivity index (χ2n) is 6.35. The van der Waals surface area contributed by atoms with Gasteiger partial charge in [0.1, 0.15) is 5.60 Å². The molecule has 1 saturated heterocycles. The maximum atomic E-state index is 12.0. The van der Waals surface area contributed by atoms with E-state index in [0.717, 1.165) is 5.75 Å². The van der Waals surface area contributed by atoms with E-state index in [-0.39, 0.29) is 11.8 Å². The Morgan fingerprint density at radius 1 is 1.33 bits per heavy atom. The normalized spacial score (nSPS) is 17.0. The van der Waals surface area contributed by atoms with Gasteiger partial charge < -0.3 is 10.0 Å². The second-order valence-corrected chi connectivity index (χ2v) is 7.52. The number of hydrogen-bond acceptors (Lipinski definition) is 3. The second kappa shape index (κ2) is 6.41. The highest BCUT2D eigenvalue weighted by atomic mass is 32.2. The summed E-state index contributed by atoms with van der Waals surface area (Å²) in [6.45, 7) is 9.18. The minimum absolute atomic E-state index is 0.150. The van der Waals surface area contributed by atoms with Gasteiger partial charge in [0.05, 0.1) is 13.1 Å². The number of rotatable bonds is 5. The molecule has 1 aromatic carbocycles. The third-order valence-electron chi connectivity index (χ3n) is 4.42. The lowest BCUT2D eigenvalue weighted by molar-refractivity contribution is -0.163. The summed E-state index contributed by atoms with van der Waals surface area (Å²) in [4.78, 5) is 15.0. The number of aliphatic hydroxyl groups is 1. The Bertz CT molecular complexity index is 522. The van der Waals surface area contributed by atoms with Crippen LogP contribution in [0.4, 0.5) is 0 Å².